The zero-order chi connectivity index (χ0) is 13.8. The molecule has 0 amide bonds. The Balaban J connectivity index is 1.62. The maximum Gasteiger partial charge on any atom is 0.119 e. The van der Waals surface area contributed by atoms with E-state index in [1.165, 1.54) is 11.1 Å². The molecule has 0 fully saturated rings. The summed E-state index contributed by atoms with van der Waals surface area (Å²) >= 11 is 0. The molecule has 1 aromatic carbocycles. The van der Waals surface area contributed by atoms with E-state index < -0.39 is 0 Å². The summed E-state index contributed by atoms with van der Waals surface area (Å²) in [6, 6.07) is 10.1. The van der Waals surface area contributed by atoms with Crippen LogP contribution in [0, 0.1) is 0 Å². The zero-order valence-electron chi connectivity index (χ0n) is 11.5. The standard InChI is InChI=1S/C17H19NO2/c19-17-5-1-4-14-6-7-15(11-16(14)17)20-10-8-13-3-2-9-18-12-13/h2-3,6-7,9,11-12,17,19H,1,4-5,8,10H2/t17-/m1/s1. The average molecular weight is 269 g/mol. The van der Waals surface area contributed by atoms with Crippen LogP contribution in [0.4, 0.5) is 0 Å². The molecule has 1 N–H and O–H groups in total. The molecule has 0 bridgehead atoms. The van der Waals surface area contributed by atoms with Gasteiger partial charge in [0.2, 0.25) is 0 Å². The number of rotatable bonds is 4. The van der Waals surface area contributed by atoms with Crippen molar-refractivity contribution in [3.05, 3.63) is 59.4 Å². The lowest BCUT2D eigenvalue weighted by Crippen LogP contribution is -2.10. The topological polar surface area (TPSA) is 42.4 Å². The SMILES string of the molecule is O[C@@H]1CCCc2ccc(OCCc3cccnc3)cc21. The smallest absolute Gasteiger partial charge is 0.119 e. The molecule has 3 heteroatoms. The third kappa shape index (κ3) is 2.99. The van der Waals surface area contributed by atoms with E-state index in [0.717, 1.165) is 37.0 Å². The van der Waals surface area contributed by atoms with E-state index in [9.17, 15) is 5.11 Å². The van der Waals surface area contributed by atoms with E-state index in [4.69, 9.17) is 4.74 Å². The Morgan fingerprint density at radius 3 is 3.10 bits per heavy atom. The number of aromatic nitrogens is 1. The van der Waals surface area contributed by atoms with E-state index >= 15 is 0 Å². The van der Waals surface area contributed by atoms with Gasteiger partial charge in [-0.25, -0.2) is 0 Å². The van der Waals surface area contributed by atoms with Gasteiger partial charge in [0.15, 0.2) is 0 Å². The second-order valence-corrected chi connectivity index (χ2v) is 5.23. The van der Waals surface area contributed by atoms with Gasteiger partial charge in [-0.05, 0) is 54.2 Å². The minimum Gasteiger partial charge on any atom is -0.493 e. The highest BCUT2D eigenvalue weighted by Crippen LogP contribution is 2.32. The molecule has 1 aromatic heterocycles. The number of hydrogen-bond donors (Lipinski definition) is 1. The predicted octanol–water partition coefficient (Wildman–Crippen LogP) is 3.07. The van der Waals surface area contributed by atoms with Gasteiger partial charge in [-0.2, -0.15) is 0 Å². The normalized spacial score (nSPS) is 17.6. The molecule has 0 unspecified atom stereocenters. The number of hydrogen-bond acceptors (Lipinski definition) is 3. The van der Waals surface area contributed by atoms with E-state index in [2.05, 4.69) is 11.1 Å². The maximum atomic E-state index is 10.0. The van der Waals surface area contributed by atoms with Crippen molar-refractivity contribution in [3.8, 4) is 5.75 Å². The van der Waals surface area contributed by atoms with Crippen LogP contribution in [0.5, 0.6) is 5.75 Å². The molecule has 1 aliphatic rings. The van der Waals surface area contributed by atoms with Gasteiger partial charge in [-0.3, -0.25) is 4.98 Å². The third-order valence-corrected chi connectivity index (χ3v) is 3.78. The van der Waals surface area contributed by atoms with E-state index in [0.29, 0.717) is 6.61 Å². The summed E-state index contributed by atoms with van der Waals surface area (Å²) in [5.41, 5.74) is 3.46. The Morgan fingerprint density at radius 1 is 1.30 bits per heavy atom. The van der Waals surface area contributed by atoms with Crippen LogP contribution in [0.3, 0.4) is 0 Å². The third-order valence-electron chi connectivity index (χ3n) is 3.78. The van der Waals surface area contributed by atoms with Crippen molar-refractivity contribution >= 4 is 0 Å². The molecule has 3 rings (SSSR count). The number of aliphatic hydroxyl groups is 1. The number of fused-ring (bicyclic) bond motifs is 1. The maximum absolute atomic E-state index is 10.0. The van der Waals surface area contributed by atoms with Crippen LogP contribution in [-0.4, -0.2) is 16.7 Å². The molecule has 0 radical (unpaired) electrons. The van der Waals surface area contributed by atoms with E-state index in [1.54, 1.807) is 6.20 Å². The first-order chi connectivity index (χ1) is 9.83. The van der Waals surface area contributed by atoms with Crippen molar-refractivity contribution in [2.24, 2.45) is 0 Å². The average Bonchev–Trinajstić information content (AvgIpc) is 2.49. The molecule has 0 spiro atoms. The highest BCUT2D eigenvalue weighted by Gasteiger charge is 2.18. The molecule has 0 saturated heterocycles. The molecule has 1 aliphatic carbocycles. The summed E-state index contributed by atoms with van der Waals surface area (Å²) in [5.74, 6) is 0.841. The Morgan fingerprint density at radius 2 is 2.25 bits per heavy atom. The van der Waals surface area contributed by atoms with Crippen LogP contribution < -0.4 is 4.74 Å². The van der Waals surface area contributed by atoms with Gasteiger partial charge in [0.25, 0.3) is 0 Å². The lowest BCUT2D eigenvalue weighted by molar-refractivity contribution is 0.156. The van der Waals surface area contributed by atoms with Crippen LogP contribution in [0.2, 0.25) is 0 Å². The van der Waals surface area contributed by atoms with Crippen molar-refractivity contribution in [1.29, 1.82) is 0 Å². The highest BCUT2D eigenvalue weighted by molar-refractivity contribution is 5.38. The molecular weight excluding hydrogens is 250 g/mol. The lowest BCUT2D eigenvalue weighted by Gasteiger charge is -2.22. The molecule has 1 atom stereocenters. The summed E-state index contributed by atoms with van der Waals surface area (Å²) in [4.78, 5) is 4.09. The summed E-state index contributed by atoms with van der Waals surface area (Å²) in [5, 5.41) is 10.0. The fourth-order valence-electron chi connectivity index (χ4n) is 2.67. The van der Waals surface area contributed by atoms with Gasteiger partial charge in [-0.1, -0.05) is 12.1 Å². The number of nitrogens with zero attached hydrogens (tertiary/aromatic N) is 1. The first kappa shape index (κ1) is 13.1. The van der Waals surface area contributed by atoms with Crippen molar-refractivity contribution < 1.29 is 9.84 Å². The molecule has 3 nitrogen and oxygen atoms in total. The first-order valence-corrected chi connectivity index (χ1v) is 7.15. The van der Waals surface area contributed by atoms with Gasteiger partial charge in [0, 0.05) is 18.8 Å². The fraction of sp³-hybridized carbons (Fsp3) is 0.353. The molecule has 0 saturated carbocycles. The largest absolute Gasteiger partial charge is 0.493 e. The van der Waals surface area contributed by atoms with Gasteiger partial charge >= 0.3 is 0 Å². The number of pyridine rings is 1. The van der Waals surface area contributed by atoms with Gasteiger partial charge in [-0.15, -0.1) is 0 Å². The van der Waals surface area contributed by atoms with E-state index in [1.807, 2.05) is 30.5 Å². The highest BCUT2D eigenvalue weighted by atomic mass is 16.5. The number of aliphatic hydroxyl groups excluding tert-OH is 1. The van der Waals surface area contributed by atoms with Gasteiger partial charge in [0.05, 0.1) is 12.7 Å². The molecule has 2 aromatic rings. The lowest BCUT2D eigenvalue weighted by atomic mass is 9.89. The number of ether oxygens (including phenoxy) is 1. The Kier molecular flexibility index (Phi) is 3.97. The van der Waals surface area contributed by atoms with Gasteiger partial charge in [0.1, 0.15) is 5.75 Å². The molecule has 104 valence electrons. The molecular formula is C17H19NO2. The molecule has 0 aliphatic heterocycles. The summed E-state index contributed by atoms with van der Waals surface area (Å²) < 4.78 is 5.79. The molecule has 1 heterocycles. The Bertz CT molecular complexity index is 568. The first-order valence-electron chi connectivity index (χ1n) is 7.15. The van der Waals surface area contributed by atoms with Crippen molar-refractivity contribution in [2.75, 3.05) is 6.61 Å². The van der Waals surface area contributed by atoms with Crippen molar-refractivity contribution in [2.45, 2.75) is 31.8 Å². The Hall–Kier alpha value is -1.87. The summed E-state index contributed by atoms with van der Waals surface area (Å²) in [6.07, 6.45) is 7.12. The number of aryl methyl sites for hydroxylation is 1. The quantitative estimate of drug-likeness (QED) is 0.927. The minimum atomic E-state index is -0.333. The van der Waals surface area contributed by atoms with Crippen LogP contribution in [0.25, 0.3) is 0 Å². The fourth-order valence-corrected chi connectivity index (χ4v) is 2.67. The van der Waals surface area contributed by atoms with Crippen molar-refractivity contribution in [3.63, 3.8) is 0 Å². The van der Waals surface area contributed by atoms with Crippen LogP contribution in [0.15, 0.2) is 42.7 Å². The van der Waals surface area contributed by atoms with Crippen LogP contribution in [0.1, 0.15) is 35.6 Å². The second kappa shape index (κ2) is 6.06. The van der Waals surface area contributed by atoms with Gasteiger partial charge < -0.3 is 9.84 Å². The predicted molar refractivity (Wildman–Crippen MR) is 77.8 cm³/mol. The second-order valence-electron chi connectivity index (χ2n) is 5.23. The number of benzene rings is 1. The van der Waals surface area contributed by atoms with E-state index in [-0.39, 0.29) is 6.10 Å². The zero-order valence-corrected chi connectivity index (χ0v) is 11.5. The summed E-state index contributed by atoms with van der Waals surface area (Å²) in [6.45, 7) is 0.626. The van der Waals surface area contributed by atoms with Crippen LogP contribution >= 0.6 is 0 Å². The minimum absolute atomic E-state index is 0.333. The monoisotopic (exact) mass is 269 g/mol. The molecule has 20 heavy (non-hydrogen) atoms. The van der Waals surface area contributed by atoms with Crippen molar-refractivity contribution in [1.82, 2.24) is 4.98 Å². The summed E-state index contributed by atoms with van der Waals surface area (Å²) in [7, 11) is 0. The Labute approximate surface area is 119 Å². The van der Waals surface area contributed by atoms with Crippen LogP contribution in [-0.2, 0) is 12.8 Å².